The van der Waals surface area contributed by atoms with Crippen molar-refractivity contribution in [1.82, 2.24) is 24.6 Å². The number of nitrogens with zero attached hydrogens (tertiary/aromatic N) is 5. The Morgan fingerprint density at radius 1 is 1.29 bits per heavy atom. The maximum atomic E-state index is 13.0. The number of aromatic nitrogens is 4. The van der Waals surface area contributed by atoms with Crippen LogP contribution in [0.3, 0.4) is 0 Å². The number of imidazole rings is 1. The van der Waals surface area contributed by atoms with Crippen LogP contribution >= 0.6 is 0 Å². The van der Waals surface area contributed by atoms with Gasteiger partial charge in [0.1, 0.15) is 17.1 Å². The van der Waals surface area contributed by atoms with Gasteiger partial charge in [-0.25, -0.2) is 4.98 Å². The number of piperidine rings is 1. The van der Waals surface area contributed by atoms with Crippen molar-refractivity contribution < 1.29 is 9.32 Å². The third kappa shape index (κ3) is 3.44. The van der Waals surface area contributed by atoms with Gasteiger partial charge in [0.05, 0.1) is 5.69 Å². The van der Waals surface area contributed by atoms with E-state index in [0.29, 0.717) is 22.9 Å². The van der Waals surface area contributed by atoms with Crippen molar-refractivity contribution in [1.29, 1.82) is 0 Å². The molecule has 7 nitrogen and oxygen atoms in total. The van der Waals surface area contributed by atoms with Gasteiger partial charge >= 0.3 is 0 Å². The fourth-order valence-corrected chi connectivity index (χ4v) is 4.02. The van der Waals surface area contributed by atoms with Gasteiger partial charge in [0, 0.05) is 49.5 Å². The van der Waals surface area contributed by atoms with E-state index in [1.165, 1.54) is 0 Å². The van der Waals surface area contributed by atoms with Gasteiger partial charge in [0.2, 0.25) is 0 Å². The number of likely N-dealkylation sites (tertiary alicyclic amines) is 1. The molecule has 1 atom stereocenters. The van der Waals surface area contributed by atoms with Crippen LogP contribution in [0.4, 0.5) is 0 Å². The number of aryl methyl sites for hydroxylation is 3. The highest BCUT2D eigenvalue weighted by Crippen LogP contribution is 2.26. The number of rotatable bonds is 4. The molecule has 1 aliphatic rings. The molecule has 1 saturated heterocycles. The normalized spacial score (nSPS) is 17.1. The van der Waals surface area contributed by atoms with Crippen LogP contribution in [0.25, 0.3) is 11.4 Å². The zero-order valence-electron chi connectivity index (χ0n) is 16.6. The summed E-state index contributed by atoms with van der Waals surface area (Å²) >= 11 is 0. The van der Waals surface area contributed by atoms with Crippen LogP contribution < -0.4 is 0 Å². The second-order valence-electron chi connectivity index (χ2n) is 7.53. The highest BCUT2D eigenvalue weighted by atomic mass is 16.5. The van der Waals surface area contributed by atoms with Gasteiger partial charge in [-0.3, -0.25) is 9.78 Å². The van der Waals surface area contributed by atoms with E-state index < -0.39 is 0 Å². The van der Waals surface area contributed by atoms with E-state index in [0.717, 1.165) is 49.6 Å². The maximum Gasteiger partial charge on any atom is 0.259 e. The largest absolute Gasteiger partial charge is 0.361 e. The van der Waals surface area contributed by atoms with Gasteiger partial charge in [-0.2, -0.15) is 0 Å². The number of amides is 1. The quantitative estimate of drug-likeness (QED) is 0.694. The second kappa shape index (κ2) is 7.58. The summed E-state index contributed by atoms with van der Waals surface area (Å²) in [5.41, 5.74) is 3.40. The van der Waals surface area contributed by atoms with E-state index >= 15 is 0 Å². The molecule has 4 rings (SSSR count). The third-order valence-electron chi connectivity index (χ3n) is 5.47. The van der Waals surface area contributed by atoms with Crippen LogP contribution in [0, 0.1) is 26.7 Å². The van der Waals surface area contributed by atoms with Crippen molar-refractivity contribution in [2.45, 2.75) is 40.2 Å². The lowest BCUT2D eigenvalue weighted by atomic mass is 9.96. The van der Waals surface area contributed by atoms with Crippen molar-refractivity contribution in [3.05, 3.63) is 53.4 Å². The summed E-state index contributed by atoms with van der Waals surface area (Å²) in [6.45, 7) is 8.03. The molecule has 0 bridgehead atoms. The lowest BCUT2D eigenvalue weighted by molar-refractivity contribution is 0.0660. The van der Waals surface area contributed by atoms with E-state index in [1.807, 2.05) is 36.4 Å². The summed E-state index contributed by atoms with van der Waals surface area (Å²) in [4.78, 5) is 23.8. The summed E-state index contributed by atoms with van der Waals surface area (Å²) < 4.78 is 7.43. The molecule has 0 aromatic carbocycles. The minimum absolute atomic E-state index is 0.0239. The van der Waals surface area contributed by atoms with Gasteiger partial charge in [-0.15, -0.1) is 0 Å². The molecule has 7 heteroatoms. The predicted molar refractivity (Wildman–Crippen MR) is 105 cm³/mol. The Morgan fingerprint density at radius 3 is 2.86 bits per heavy atom. The lowest BCUT2D eigenvalue weighted by Gasteiger charge is -2.33. The minimum Gasteiger partial charge on any atom is -0.361 e. The zero-order valence-corrected chi connectivity index (χ0v) is 16.6. The molecule has 0 radical (unpaired) electrons. The summed E-state index contributed by atoms with van der Waals surface area (Å²) in [5, 5.41) is 3.93. The fourth-order valence-electron chi connectivity index (χ4n) is 4.02. The second-order valence-corrected chi connectivity index (χ2v) is 7.53. The molecule has 0 saturated carbocycles. The molecule has 0 N–H and O–H groups in total. The van der Waals surface area contributed by atoms with Crippen LogP contribution in [0.2, 0.25) is 0 Å². The number of carbonyl (C=O) groups is 1. The molecule has 146 valence electrons. The first-order chi connectivity index (χ1) is 13.5. The van der Waals surface area contributed by atoms with E-state index in [2.05, 4.69) is 26.6 Å². The van der Waals surface area contributed by atoms with Gasteiger partial charge < -0.3 is 14.0 Å². The first-order valence-corrected chi connectivity index (χ1v) is 9.69. The Balaban J connectivity index is 1.53. The first-order valence-electron chi connectivity index (χ1n) is 9.69. The van der Waals surface area contributed by atoms with E-state index in [1.54, 1.807) is 13.1 Å². The third-order valence-corrected chi connectivity index (χ3v) is 5.47. The highest BCUT2D eigenvalue weighted by molar-refractivity contribution is 5.96. The topological polar surface area (TPSA) is 77.0 Å². The Hall–Kier alpha value is -2.96. The number of carbonyl (C=O) groups excluding carboxylic acids is 1. The Kier molecular flexibility index (Phi) is 4.98. The van der Waals surface area contributed by atoms with Crippen molar-refractivity contribution in [2.75, 3.05) is 13.1 Å². The minimum atomic E-state index is 0.0239. The van der Waals surface area contributed by atoms with E-state index in [9.17, 15) is 4.79 Å². The summed E-state index contributed by atoms with van der Waals surface area (Å²) in [5.74, 6) is 1.92. The van der Waals surface area contributed by atoms with Crippen LogP contribution in [0.1, 0.15) is 40.3 Å². The lowest BCUT2D eigenvalue weighted by Crippen LogP contribution is -2.41. The van der Waals surface area contributed by atoms with Crippen LogP contribution in [0.5, 0.6) is 0 Å². The van der Waals surface area contributed by atoms with E-state index in [4.69, 9.17) is 4.52 Å². The molecule has 1 amide bonds. The molecule has 3 aromatic heterocycles. The molecule has 1 aliphatic heterocycles. The number of hydrogen-bond donors (Lipinski definition) is 0. The van der Waals surface area contributed by atoms with Gasteiger partial charge in [0.15, 0.2) is 0 Å². The summed E-state index contributed by atoms with van der Waals surface area (Å²) in [6.07, 6.45) is 7.60. The number of pyridine rings is 1. The molecule has 4 heterocycles. The van der Waals surface area contributed by atoms with Gasteiger partial charge in [-0.1, -0.05) is 5.16 Å². The van der Waals surface area contributed by atoms with Crippen molar-refractivity contribution in [2.24, 2.45) is 5.92 Å². The molecular formula is C21H25N5O2. The first kappa shape index (κ1) is 18.4. The molecular weight excluding hydrogens is 354 g/mol. The zero-order chi connectivity index (χ0) is 19.7. The molecule has 3 aromatic rings. The van der Waals surface area contributed by atoms with Crippen molar-refractivity contribution >= 4 is 5.91 Å². The Labute approximate surface area is 164 Å². The molecule has 0 spiro atoms. The van der Waals surface area contributed by atoms with Gasteiger partial charge in [0.25, 0.3) is 5.91 Å². The van der Waals surface area contributed by atoms with Crippen molar-refractivity contribution in [3.63, 3.8) is 0 Å². The molecule has 28 heavy (non-hydrogen) atoms. The average Bonchev–Trinajstić information content (AvgIpc) is 3.24. The SMILES string of the molecule is Cc1noc(C)c1C(=O)N1CCCC(Cn2c(C)cnc2-c2cccnc2)C1. The molecule has 0 aliphatic carbocycles. The molecule has 1 fully saturated rings. The van der Waals surface area contributed by atoms with Crippen LogP contribution in [-0.4, -0.2) is 43.6 Å². The standard InChI is InChI=1S/C21H25N5O2/c1-14-10-23-20(18-7-4-8-22-11-18)26(14)13-17-6-5-9-25(12-17)21(27)19-15(2)24-28-16(19)3/h4,7-8,10-11,17H,5-6,9,12-13H2,1-3H3. The van der Waals surface area contributed by atoms with E-state index in [-0.39, 0.29) is 5.91 Å². The number of hydrogen-bond acceptors (Lipinski definition) is 5. The highest BCUT2D eigenvalue weighted by Gasteiger charge is 2.29. The average molecular weight is 379 g/mol. The summed E-state index contributed by atoms with van der Waals surface area (Å²) in [6, 6.07) is 3.95. The van der Waals surface area contributed by atoms with Gasteiger partial charge in [-0.05, 0) is 51.7 Å². The maximum absolute atomic E-state index is 13.0. The monoisotopic (exact) mass is 379 g/mol. The van der Waals surface area contributed by atoms with Crippen LogP contribution in [-0.2, 0) is 6.54 Å². The predicted octanol–water partition coefficient (Wildman–Crippen LogP) is 3.41. The summed E-state index contributed by atoms with van der Waals surface area (Å²) in [7, 11) is 0. The smallest absolute Gasteiger partial charge is 0.259 e. The Bertz CT molecular complexity index is 957. The fraction of sp³-hybridized carbons (Fsp3) is 0.429. The van der Waals surface area contributed by atoms with Crippen LogP contribution in [0.15, 0.2) is 35.2 Å². The Morgan fingerprint density at radius 2 is 2.14 bits per heavy atom. The molecule has 1 unspecified atom stereocenters. The van der Waals surface area contributed by atoms with Crippen molar-refractivity contribution in [3.8, 4) is 11.4 Å².